The van der Waals surface area contributed by atoms with Crippen LogP contribution in [0.25, 0.3) is 21.9 Å². The van der Waals surface area contributed by atoms with Crippen LogP contribution >= 0.6 is 15.9 Å². The van der Waals surface area contributed by atoms with E-state index in [1.54, 1.807) is 18.5 Å². The minimum absolute atomic E-state index is 0.274. The van der Waals surface area contributed by atoms with Crippen LogP contribution in [0.2, 0.25) is 0 Å². The Bertz CT molecular complexity index is 809. The first-order chi connectivity index (χ1) is 9.66. The highest BCUT2D eigenvalue weighted by Crippen LogP contribution is 2.32. The van der Waals surface area contributed by atoms with Crippen molar-refractivity contribution < 1.29 is 9.90 Å². The van der Waals surface area contributed by atoms with Gasteiger partial charge in [-0.2, -0.15) is 0 Å². The zero-order valence-corrected chi connectivity index (χ0v) is 12.0. The van der Waals surface area contributed by atoms with Crippen LogP contribution in [0.1, 0.15) is 10.4 Å². The fourth-order valence-corrected chi connectivity index (χ4v) is 2.64. The van der Waals surface area contributed by atoms with Crippen molar-refractivity contribution in [2.45, 2.75) is 0 Å². The molecule has 4 heteroatoms. The van der Waals surface area contributed by atoms with Crippen molar-refractivity contribution in [3.63, 3.8) is 0 Å². The van der Waals surface area contributed by atoms with E-state index in [1.807, 2.05) is 36.4 Å². The molecule has 0 radical (unpaired) electrons. The highest BCUT2D eigenvalue weighted by molar-refractivity contribution is 9.10. The molecule has 0 amide bonds. The number of nitrogens with zero attached hydrogens (tertiary/aromatic N) is 1. The molecule has 20 heavy (non-hydrogen) atoms. The highest BCUT2D eigenvalue weighted by Gasteiger charge is 2.14. The molecule has 98 valence electrons. The Hall–Kier alpha value is -2.20. The normalized spacial score (nSPS) is 10.7. The summed E-state index contributed by atoms with van der Waals surface area (Å²) in [6, 6.07) is 13.0. The molecule has 1 aromatic heterocycles. The molecule has 0 aliphatic heterocycles. The number of carboxylic acid groups (broad SMARTS) is 1. The van der Waals surface area contributed by atoms with Crippen LogP contribution < -0.4 is 0 Å². The summed E-state index contributed by atoms with van der Waals surface area (Å²) in [5.41, 5.74) is 1.84. The van der Waals surface area contributed by atoms with E-state index in [4.69, 9.17) is 0 Å². The monoisotopic (exact) mass is 327 g/mol. The summed E-state index contributed by atoms with van der Waals surface area (Å²) < 4.78 is 0.747. The molecular weight excluding hydrogens is 318 g/mol. The second kappa shape index (κ2) is 5.06. The summed E-state index contributed by atoms with van der Waals surface area (Å²) in [7, 11) is 0. The van der Waals surface area contributed by atoms with Gasteiger partial charge in [-0.1, -0.05) is 40.2 Å². The molecule has 2 aromatic carbocycles. The molecule has 0 unspecified atom stereocenters. The van der Waals surface area contributed by atoms with Gasteiger partial charge < -0.3 is 5.11 Å². The molecule has 0 spiro atoms. The van der Waals surface area contributed by atoms with E-state index in [9.17, 15) is 9.90 Å². The van der Waals surface area contributed by atoms with E-state index in [-0.39, 0.29) is 5.56 Å². The summed E-state index contributed by atoms with van der Waals surface area (Å²) in [5.74, 6) is -0.942. The number of halogens is 1. The average molecular weight is 328 g/mol. The number of aromatic nitrogens is 1. The van der Waals surface area contributed by atoms with Gasteiger partial charge in [0.25, 0.3) is 0 Å². The van der Waals surface area contributed by atoms with E-state index >= 15 is 0 Å². The highest BCUT2D eigenvalue weighted by atomic mass is 79.9. The predicted molar refractivity (Wildman–Crippen MR) is 81.8 cm³/mol. The second-order valence-electron chi connectivity index (χ2n) is 4.40. The van der Waals surface area contributed by atoms with Crippen molar-refractivity contribution in [3.8, 4) is 11.1 Å². The minimum atomic E-state index is -0.942. The molecule has 3 nitrogen and oxygen atoms in total. The van der Waals surface area contributed by atoms with Gasteiger partial charge in [-0.3, -0.25) is 4.98 Å². The quantitative estimate of drug-likeness (QED) is 0.760. The third-order valence-corrected chi connectivity index (χ3v) is 3.68. The van der Waals surface area contributed by atoms with E-state index in [1.165, 1.54) is 0 Å². The number of carbonyl (C=O) groups is 1. The number of carboxylic acids is 1. The first-order valence-electron chi connectivity index (χ1n) is 6.03. The Labute approximate surface area is 124 Å². The Morgan fingerprint density at radius 3 is 2.75 bits per heavy atom. The summed E-state index contributed by atoms with van der Waals surface area (Å²) in [6.07, 6.45) is 3.49. The maximum atomic E-state index is 11.4. The average Bonchev–Trinajstić information content (AvgIpc) is 2.46. The first-order valence-corrected chi connectivity index (χ1v) is 6.82. The molecule has 0 bridgehead atoms. The molecule has 1 heterocycles. The van der Waals surface area contributed by atoms with Gasteiger partial charge in [-0.15, -0.1) is 0 Å². The summed E-state index contributed by atoms with van der Waals surface area (Å²) in [4.78, 5) is 15.6. The molecule has 0 fully saturated rings. The van der Waals surface area contributed by atoms with E-state index < -0.39 is 5.97 Å². The zero-order chi connectivity index (χ0) is 14.1. The number of fused-ring (bicyclic) bond motifs is 1. The summed E-state index contributed by atoms with van der Waals surface area (Å²) in [6.45, 7) is 0. The molecule has 1 N–H and O–H groups in total. The van der Waals surface area contributed by atoms with Gasteiger partial charge >= 0.3 is 5.97 Å². The second-order valence-corrected chi connectivity index (χ2v) is 5.31. The van der Waals surface area contributed by atoms with Gasteiger partial charge in [0.15, 0.2) is 0 Å². The molecule has 0 saturated heterocycles. The lowest BCUT2D eigenvalue weighted by atomic mass is 9.96. The largest absolute Gasteiger partial charge is 0.478 e. The number of hydrogen-bond acceptors (Lipinski definition) is 2. The number of aromatic carboxylic acids is 1. The number of benzene rings is 2. The lowest BCUT2D eigenvalue weighted by Crippen LogP contribution is -2.00. The van der Waals surface area contributed by atoms with Gasteiger partial charge in [0.05, 0.1) is 5.56 Å². The van der Waals surface area contributed by atoms with Crippen LogP contribution in [0.3, 0.4) is 0 Å². The van der Waals surface area contributed by atoms with Crippen LogP contribution in [-0.4, -0.2) is 16.1 Å². The fraction of sp³-hybridized carbons (Fsp3) is 0. The van der Waals surface area contributed by atoms with E-state index in [0.29, 0.717) is 5.56 Å². The number of hydrogen-bond donors (Lipinski definition) is 1. The molecule has 0 saturated carbocycles. The van der Waals surface area contributed by atoms with Gasteiger partial charge in [-0.05, 0) is 34.7 Å². The van der Waals surface area contributed by atoms with Crippen molar-refractivity contribution >= 4 is 32.7 Å². The lowest BCUT2D eigenvalue weighted by Gasteiger charge is -2.10. The van der Waals surface area contributed by atoms with Gasteiger partial charge in [0.1, 0.15) is 0 Å². The molecule has 3 aromatic rings. The number of pyridine rings is 1. The third-order valence-electron chi connectivity index (χ3n) is 3.19. The Kier molecular flexibility index (Phi) is 3.24. The fourth-order valence-electron chi connectivity index (χ4n) is 2.28. The van der Waals surface area contributed by atoms with E-state index in [2.05, 4.69) is 20.9 Å². The maximum absolute atomic E-state index is 11.4. The molecular formula is C16H10BrNO2. The smallest absolute Gasteiger partial charge is 0.336 e. The molecule has 0 aliphatic carbocycles. The SMILES string of the molecule is O=C(O)c1cc(Br)ccc1-c1cccc2ccncc12. The summed E-state index contributed by atoms with van der Waals surface area (Å²) in [5, 5.41) is 11.4. The van der Waals surface area contributed by atoms with Crippen LogP contribution in [0.5, 0.6) is 0 Å². The first kappa shape index (κ1) is 12.8. The lowest BCUT2D eigenvalue weighted by molar-refractivity contribution is 0.0697. The number of rotatable bonds is 2. The van der Waals surface area contributed by atoms with Crippen LogP contribution in [0, 0.1) is 0 Å². The van der Waals surface area contributed by atoms with Crippen LogP contribution in [-0.2, 0) is 0 Å². The van der Waals surface area contributed by atoms with Crippen LogP contribution in [0.4, 0.5) is 0 Å². The van der Waals surface area contributed by atoms with Crippen molar-refractivity contribution in [1.82, 2.24) is 4.98 Å². The molecule has 3 rings (SSSR count). The Morgan fingerprint density at radius 2 is 1.95 bits per heavy atom. The molecule has 0 aliphatic rings. The predicted octanol–water partition coefficient (Wildman–Crippen LogP) is 4.36. The third kappa shape index (κ3) is 2.18. The zero-order valence-electron chi connectivity index (χ0n) is 10.4. The standard InChI is InChI=1S/C16H10BrNO2/c17-11-4-5-13(14(8-11)16(19)20)12-3-1-2-10-6-7-18-9-15(10)12/h1-9H,(H,19,20). The van der Waals surface area contributed by atoms with Crippen molar-refractivity contribution in [2.75, 3.05) is 0 Å². The van der Waals surface area contributed by atoms with Gasteiger partial charge in [0, 0.05) is 22.3 Å². The molecule has 0 atom stereocenters. The topological polar surface area (TPSA) is 50.2 Å². The van der Waals surface area contributed by atoms with Crippen molar-refractivity contribution in [2.24, 2.45) is 0 Å². The van der Waals surface area contributed by atoms with Gasteiger partial charge in [0.2, 0.25) is 0 Å². The van der Waals surface area contributed by atoms with Gasteiger partial charge in [-0.25, -0.2) is 4.79 Å². The van der Waals surface area contributed by atoms with E-state index in [0.717, 1.165) is 20.8 Å². The Morgan fingerprint density at radius 1 is 1.10 bits per heavy atom. The van der Waals surface area contributed by atoms with Crippen molar-refractivity contribution in [1.29, 1.82) is 0 Å². The summed E-state index contributed by atoms with van der Waals surface area (Å²) >= 11 is 3.31. The maximum Gasteiger partial charge on any atom is 0.336 e. The Balaban J connectivity index is 2.34. The van der Waals surface area contributed by atoms with Crippen LogP contribution in [0.15, 0.2) is 59.3 Å². The minimum Gasteiger partial charge on any atom is -0.478 e. The van der Waals surface area contributed by atoms with Crippen molar-refractivity contribution in [3.05, 3.63) is 64.9 Å².